The zero-order valence-electron chi connectivity index (χ0n) is 10.3. The number of hydrogen-bond acceptors (Lipinski definition) is 3. The van der Waals surface area contributed by atoms with Gasteiger partial charge in [0.2, 0.25) is 5.95 Å². The predicted molar refractivity (Wildman–Crippen MR) is 73.9 cm³/mol. The lowest BCUT2D eigenvalue weighted by Crippen LogP contribution is -2.28. The fourth-order valence-electron chi connectivity index (χ4n) is 1.77. The second-order valence-electron chi connectivity index (χ2n) is 4.16. The maximum absolute atomic E-state index is 13.1. The summed E-state index contributed by atoms with van der Waals surface area (Å²) >= 11 is 3.52. The van der Waals surface area contributed by atoms with Crippen LogP contribution in [0.1, 0.15) is 0 Å². The normalized spacial score (nSPS) is 12.9. The van der Waals surface area contributed by atoms with Gasteiger partial charge in [0.1, 0.15) is 5.82 Å². The van der Waals surface area contributed by atoms with Gasteiger partial charge in [-0.2, -0.15) is 0 Å². The van der Waals surface area contributed by atoms with E-state index < -0.39 is 0 Å². The summed E-state index contributed by atoms with van der Waals surface area (Å²) in [5.74, 6) is 0.453. The molecule has 0 spiro atoms. The van der Waals surface area contributed by atoms with Crippen LogP contribution in [0.25, 0.3) is 11.0 Å². The molecule has 0 aliphatic carbocycles. The third-order valence-corrected chi connectivity index (χ3v) is 3.17. The van der Waals surface area contributed by atoms with Crippen molar-refractivity contribution in [3.63, 3.8) is 0 Å². The number of fused-ring (bicyclic) bond motifs is 1. The molecule has 1 unspecified atom stereocenters. The van der Waals surface area contributed by atoms with Crippen LogP contribution in [0.15, 0.2) is 18.2 Å². The molecule has 0 saturated heterocycles. The molecule has 0 fully saturated rings. The molecule has 1 aromatic carbocycles. The number of rotatable bonds is 5. The summed E-state index contributed by atoms with van der Waals surface area (Å²) in [6.45, 7) is 1.37. The van der Waals surface area contributed by atoms with Crippen LogP contribution >= 0.6 is 15.9 Å². The minimum Gasteiger partial charge on any atom is -0.383 e. The van der Waals surface area contributed by atoms with Gasteiger partial charge < -0.3 is 14.6 Å². The number of aromatic nitrogens is 2. The van der Waals surface area contributed by atoms with E-state index in [0.29, 0.717) is 12.1 Å². The molecule has 0 aliphatic rings. The van der Waals surface area contributed by atoms with E-state index in [2.05, 4.69) is 25.9 Å². The average Bonchev–Trinajstić information content (AvgIpc) is 2.72. The van der Waals surface area contributed by atoms with Crippen molar-refractivity contribution < 1.29 is 9.13 Å². The van der Waals surface area contributed by atoms with Crippen molar-refractivity contribution in [3.05, 3.63) is 24.0 Å². The van der Waals surface area contributed by atoms with Crippen molar-refractivity contribution >= 4 is 32.9 Å². The van der Waals surface area contributed by atoms with Crippen LogP contribution in [-0.2, 0) is 4.74 Å². The van der Waals surface area contributed by atoms with Crippen LogP contribution in [0.3, 0.4) is 0 Å². The molecule has 4 nitrogen and oxygen atoms in total. The summed E-state index contributed by atoms with van der Waals surface area (Å²) in [5.41, 5.74) is 1.46. The molecule has 0 aliphatic heterocycles. The Morgan fingerprint density at radius 1 is 1.56 bits per heavy atom. The highest BCUT2D eigenvalue weighted by atomic mass is 79.9. The third-order valence-electron chi connectivity index (χ3n) is 2.61. The van der Waals surface area contributed by atoms with Crippen LogP contribution in [0.5, 0.6) is 0 Å². The molecule has 1 N–H and O–H groups in total. The van der Waals surface area contributed by atoms with Gasteiger partial charge in [-0.15, -0.1) is 0 Å². The van der Waals surface area contributed by atoms with E-state index in [4.69, 9.17) is 4.74 Å². The second kappa shape index (κ2) is 5.67. The number of aromatic amines is 1. The van der Waals surface area contributed by atoms with Gasteiger partial charge in [0.25, 0.3) is 0 Å². The first-order chi connectivity index (χ1) is 8.60. The van der Waals surface area contributed by atoms with Crippen molar-refractivity contribution in [1.82, 2.24) is 9.97 Å². The first kappa shape index (κ1) is 13.3. The molecule has 1 atom stereocenters. The van der Waals surface area contributed by atoms with E-state index in [1.807, 2.05) is 11.9 Å². The van der Waals surface area contributed by atoms with E-state index >= 15 is 0 Å². The minimum absolute atomic E-state index is 0.220. The van der Waals surface area contributed by atoms with Crippen LogP contribution in [0.4, 0.5) is 10.3 Å². The maximum Gasteiger partial charge on any atom is 0.203 e. The molecule has 98 valence electrons. The second-order valence-corrected chi connectivity index (χ2v) is 5.45. The van der Waals surface area contributed by atoms with Crippen LogP contribution in [-0.4, -0.2) is 42.1 Å². The summed E-state index contributed by atoms with van der Waals surface area (Å²) in [4.78, 5) is 9.69. The van der Waals surface area contributed by atoms with Crippen molar-refractivity contribution in [2.45, 2.75) is 4.83 Å². The van der Waals surface area contributed by atoms with E-state index in [9.17, 15) is 4.39 Å². The fourth-order valence-corrected chi connectivity index (χ4v) is 2.47. The number of benzene rings is 1. The SMILES string of the molecule is COCC(Br)CN(C)c1nc2ccc(F)cc2[nH]1. The zero-order valence-corrected chi connectivity index (χ0v) is 11.9. The Labute approximate surface area is 113 Å². The molecule has 2 rings (SSSR count). The molecule has 0 saturated carbocycles. The Bertz CT molecular complexity index is 531. The van der Waals surface area contributed by atoms with Crippen molar-refractivity contribution in [2.75, 3.05) is 32.2 Å². The molecule has 0 radical (unpaired) electrons. The van der Waals surface area contributed by atoms with Gasteiger partial charge in [-0.3, -0.25) is 0 Å². The first-order valence-electron chi connectivity index (χ1n) is 5.59. The lowest BCUT2D eigenvalue weighted by atomic mass is 10.3. The number of nitrogens with one attached hydrogen (secondary N) is 1. The van der Waals surface area contributed by atoms with Gasteiger partial charge in [-0.1, -0.05) is 15.9 Å². The highest BCUT2D eigenvalue weighted by Crippen LogP contribution is 2.18. The number of imidazole rings is 1. The van der Waals surface area contributed by atoms with Crippen molar-refractivity contribution in [1.29, 1.82) is 0 Å². The Morgan fingerprint density at radius 3 is 3.06 bits per heavy atom. The number of ether oxygens (including phenoxy) is 1. The van der Waals surface area contributed by atoms with Crippen LogP contribution in [0, 0.1) is 5.82 Å². The summed E-state index contributed by atoms with van der Waals surface area (Å²) < 4.78 is 18.1. The molecular weight excluding hydrogens is 301 g/mol. The Hall–Kier alpha value is -1.14. The zero-order chi connectivity index (χ0) is 13.1. The van der Waals surface area contributed by atoms with Gasteiger partial charge in [0, 0.05) is 20.7 Å². The first-order valence-corrected chi connectivity index (χ1v) is 6.51. The summed E-state index contributed by atoms with van der Waals surface area (Å²) in [7, 11) is 3.59. The molecular formula is C12H15BrFN3O. The molecule has 0 bridgehead atoms. The predicted octanol–water partition coefficient (Wildman–Crippen LogP) is 2.55. The van der Waals surface area contributed by atoms with E-state index in [-0.39, 0.29) is 10.6 Å². The Kier molecular flexibility index (Phi) is 4.19. The molecule has 1 heterocycles. The molecule has 18 heavy (non-hydrogen) atoms. The largest absolute Gasteiger partial charge is 0.383 e. The fraction of sp³-hybridized carbons (Fsp3) is 0.417. The number of hydrogen-bond donors (Lipinski definition) is 1. The highest BCUT2D eigenvalue weighted by molar-refractivity contribution is 9.09. The van der Waals surface area contributed by atoms with Gasteiger partial charge in [0.05, 0.1) is 22.5 Å². The van der Waals surface area contributed by atoms with Gasteiger partial charge in [-0.25, -0.2) is 9.37 Å². The number of H-pyrrole nitrogens is 1. The number of alkyl halides is 1. The molecule has 0 amide bonds. The summed E-state index contributed by atoms with van der Waals surface area (Å²) in [6, 6.07) is 4.52. The monoisotopic (exact) mass is 315 g/mol. The minimum atomic E-state index is -0.266. The van der Waals surface area contributed by atoms with Gasteiger partial charge in [0.15, 0.2) is 0 Å². The van der Waals surface area contributed by atoms with E-state index in [1.165, 1.54) is 12.1 Å². The van der Waals surface area contributed by atoms with E-state index in [0.717, 1.165) is 18.0 Å². The van der Waals surface area contributed by atoms with Gasteiger partial charge in [-0.05, 0) is 18.2 Å². The quantitative estimate of drug-likeness (QED) is 0.862. The Balaban J connectivity index is 2.15. The third kappa shape index (κ3) is 3.00. The van der Waals surface area contributed by atoms with Crippen LogP contribution < -0.4 is 4.90 Å². The maximum atomic E-state index is 13.1. The summed E-state index contributed by atoms with van der Waals surface area (Å²) in [5, 5.41) is 0. The molecule has 6 heteroatoms. The number of anilines is 1. The van der Waals surface area contributed by atoms with Crippen LogP contribution in [0.2, 0.25) is 0 Å². The summed E-state index contributed by atoms with van der Waals surface area (Å²) in [6.07, 6.45) is 0. The average molecular weight is 316 g/mol. The van der Waals surface area contributed by atoms with E-state index in [1.54, 1.807) is 13.2 Å². The lowest BCUT2D eigenvalue weighted by Gasteiger charge is -2.19. The molecule has 1 aromatic heterocycles. The standard InChI is InChI=1S/C12H15BrFN3O/c1-17(6-8(13)7-18-2)12-15-10-4-3-9(14)5-11(10)16-12/h3-5,8H,6-7H2,1-2H3,(H,15,16). The van der Waals surface area contributed by atoms with Gasteiger partial charge >= 0.3 is 0 Å². The molecule has 2 aromatic rings. The number of halogens is 2. The Morgan fingerprint density at radius 2 is 2.33 bits per heavy atom. The highest BCUT2D eigenvalue weighted by Gasteiger charge is 2.12. The number of methoxy groups -OCH3 is 1. The topological polar surface area (TPSA) is 41.1 Å². The number of nitrogens with zero attached hydrogens (tertiary/aromatic N) is 2. The van der Waals surface area contributed by atoms with Crippen molar-refractivity contribution in [2.24, 2.45) is 0 Å². The van der Waals surface area contributed by atoms with Crippen molar-refractivity contribution in [3.8, 4) is 0 Å². The lowest BCUT2D eigenvalue weighted by molar-refractivity contribution is 0.201. The smallest absolute Gasteiger partial charge is 0.203 e.